The first-order valence-electron chi connectivity index (χ1n) is 3.58. The van der Waals surface area contributed by atoms with Crippen molar-refractivity contribution in [3.8, 4) is 0 Å². The highest BCUT2D eigenvalue weighted by Gasteiger charge is 2.35. The lowest BCUT2D eigenvalue weighted by Gasteiger charge is -2.20. The molecule has 12 heavy (non-hydrogen) atoms. The number of rotatable bonds is 3. The van der Waals surface area contributed by atoms with Crippen molar-refractivity contribution < 1.29 is 9.90 Å². The SMILES string of the molecule is CCC(C)(C(=O)O)n1ncnn1. The lowest BCUT2D eigenvalue weighted by atomic mass is 10.0. The van der Waals surface area contributed by atoms with E-state index in [-0.39, 0.29) is 0 Å². The van der Waals surface area contributed by atoms with Crippen molar-refractivity contribution in [2.45, 2.75) is 25.8 Å². The molecule has 0 amide bonds. The molecule has 0 radical (unpaired) electrons. The van der Waals surface area contributed by atoms with Gasteiger partial charge in [0.2, 0.25) is 0 Å². The van der Waals surface area contributed by atoms with Gasteiger partial charge in [0, 0.05) is 0 Å². The number of hydrogen-bond donors (Lipinski definition) is 1. The molecule has 1 aromatic rings. The van der Waals surface area contributed by atoms with E-state index in [9.17, 15) is 4.79 Å². The van der Waals surface area contributed by atoms with Crippen molar-refractivity contribution in [1.82, 2.24) is 20.2 Å². The molecule has 1 N–H and O–H groups in total. The van der Waals surface area contributed by atoms with Crippen molar-refractivity contribution >= 4 is 5.97 Å². The van der Waals surface area contributed by atoms with Crippen LogP contribution in [0.4, 0.5) is 0 Å². The van der Waals surface area contributed by atoms with E-state index < -0.39 is 11.5 Å². The molecule has 0 saturated heterocycles. The highest BCUT2D eigenvalue weighted by Crippen LogP contribution is 2.16. The molecular weight excluding hydrogens is 160 g/mol. The van der Waals surface area contributed by atoms with Gasteiger partial charge in [-0.3, -0.25) is 0 Å². The van der Waals surface area contributed by atoms with Gasteiger partial charge in [-0.05, 0) is 18.6 Å². The van der Waals surface area contributed by atoms with Gasteiger partial charge in [-0.1, -0.05) is 6.92 Å². The van der Waals surface area contributed by atoms with E-state index in [0.29, 0.717) is 6.42 Å². The Kier molecular flexibility index (Phi) is 2.07. The lowest BCUT2D eigenvalue weighted by molar-refractivity contribution is -0.148. The minimum atomic E-state index is -1.09. The number of nitrogens with zero attached hydrogens (tertiary/aromatic N) is 4. The minimum absolute atomic E-state index is 0.415. The normalized spacial score (nSPS) is 15.5. The second-order valence-corrected chi connectivity index (χ2v) is 2.66. The van der Waals surface area contributed by atoms with E-state index in [1.807, 2.05) is 0 Å². The zero-order valence-electron chi connectivity index (χ0n) is 6.93. The summed E-state index contributed by atoms with van der Waals surface area (Å²) in [6, 6.07) is 0. The molecule has 1 aromatic heterocycles. The summed E-state index contributed by atoms with van der Waals surface area (Å²) in [5.41, 5.74) is -1.09. The fourth-order valence-electron chi connectivity index (χ4n) is 0.771. The molecular formula is C6H10N4O2. The molecule has 1 atom stereocenters. The van der Waals surface area contributed by atoms with Gasteiger partial charge < -0.3 is 5.11 Å². The molecule has 6 heteroatoms. The molecule has 6 nitrogen and oxygen atoms in total. The molecule has 0 spiro atoms. The van der Waals surface area contributed by atoms with E-state index >= 15 is 0 Å². The van der Waals surface area contributed by atoms with E-state index in [1.165, 1.54) is 6.33 Å². The molecule has 0 aliphatic rings. The molecule has 1 unspecified atom stereocenters. The van der Waals surface area contributed by atoms with Gasteiger partial charge in [0.1, 0.15) is 0 Å². The first-order chi connectivity index (χ1) is 5.61. The Morgan fingerprint density at radius 3 is 2.75 bits per heavy atom. The Morgan fingerprint density at radius 2 is 2.42 bits per heavy atom. The van der Waals surface area contributed by atoms with Gasteiger partial charge in [-0.25, -0.2) is 4.79 Å². The molecule has 0 fully saturated rings. The monoisotopic (exact) mass is 170 g/mol. The third-order valence-corrected chi connectivity index (χ3v) is 1.94. The van der Waals surface area contributed by atoms with Crippen LogP contribution >= 0.6 is 0 Å². The second-order valence-electron chi connectivity index (χ2n) is 2.66. The first kappa shape index (κ1) is 8.63. The summed E-state index contributed by atoms with van der Waals surface area (Å²) in [6.07, 6.45) is 1.63. The third kappa shape index (κ3) is 1.15. The van der Waals surface area contributed by atoms with Gasteiger partial charge in [0.05, 0.1) is 0 Å². The number of tetrazole rings is 1. The maximum Gasteiger partial charge on any atom is 0.333 e. The molecule has 66 valence electrons. The van der Waals surface area contributed by atoms with Crippen LogP contribution in [0.5, 0.6) is 0 Å². The van der Waals surface area contributed by atoms with Crippen molar-refractivity contribution in [2.75, 3.05) is 0 Å². The number of aromatic nitrogens is 4. The van der Waals surface area contributed by atoms with Crippen LogP contribution < -0.4 is 0 Å². The Labute approximate surface area is 69.2 Å². The van der Waals surface area contributed by atoms with Gasteiger partial charge in [-0.15, -0.1) is 15.0 Å². The lowest BCUT2D eigenvalue weighted by Crippen LogP contribution is -2.40. The van der Waals surface area contributed by atoms with Crippen LogP contribution in [0.2, 0.25) is 0 Å². The fourth-order valence-corrected chi connectivity index (χ4v) is 0.771. The fraction of sp³-hybridized carbons (Fsp3) is 0.667. The van der Waals surface area contributed by atoms with Gasteiger partial charge in [0.25, 0.3) is 0 Å². The number of carbonyl (C=O) groups is 1. The Hall–Kier alpha value is -1.46. The van der Waals surface area contributed by atoms with Crippen LogP contribution in [-0.2, 0) is 10.3 Å². The van der Waals surface area contributed by atoms with Gasteiger partial charge in [0.15, 0.2) is 11.9 Å². The van der Waals surface area contributed by atoms with Gasteiger partial charge in [-0.2, -0.15) is 0 Å². The average molecular weight is 170 g/mol. The van der Waals surface area contributed by atoms with Crippen molar-refractivity contribution in [2.24, 2.45) is 0 Å². The Morgan fingerprint density at radius 1 is 1.75 bits per heavy atom. The standard InChI is InChI=1S/C6H10N4O2/c1-3-6(2,5(11)12)10-8-4-7-9-10/h4H,3H2,1-2H3,(H,11,12). The van der Waals surface area contributed by atoms with E-state index in [1.54, 1.807) is 13.8 Å². The molecule has 0 bridgehead atoms. The summed E-state index contributed by atoms with van der Waals surface area (Å²) in [5, 5.41) is 19.6. The van der Waals surface area contributed by atoms with E-state index in [4.69, 9.17) is 5.11 Å². The number of carboxylic acid groups (broad SMARTS) is 1. The Bertz CT molecular complexity index is 271. The van der Waals surface area contributed by atoms with Crippen molar-refractivity contribution in [3.05, 3.63) is 6.33 Å². The topological polar surface area (TPSA) is 80.9 Å². The zero-order chi connectivity index (χ0) is 9.19. The van der Waals surface area contributed by atoms with Crippen LogP contribution in [0.15, 0.2) is 6.33 Å². The molecule has 0 aliphatic heterocycles. The summed E-state index contributed by atoms with van der Waals surface area (Å²) in [6.45, 7) is 3.31. The Balaban J connectivity index is 3.04. The van der Waals surface area contributed by atoms with Crippen LogP contribution in [-0.4, -0.2) is 31.3 Å². The highest BCUT2D eigenvalue weighted by atomic mass is 16.4. The van der Waals surface area contributed by atoms with E-state index in [2.05, 4.69) is 15.4 Å². The quantitative estimate of drug-likeness (QED) is 0.684. The molecule has 0 saturated carbocycles. The molecule has 1 heterocycles. The summed E-state index contributed by atoms with van der Waals surface area (Å²) < 4.78 is 0. The number of hydrogen-bond acceptors (Lipinski definition) is 4. The van der Waals surface area contributed by atoms with Gasteiger partial charge >= 0.3 is 5.97 Å². The average Bonchev–Trinajstić information content (AvgIpc) is 2.54. The van der Waals surface area contributed by atoms with Crippen LogP contribution in [0.1, 0.15) is 20.3 Å². The highest BCUT2D eigenvalue weighted by molar-refractivity contribution is 5.75. The molecule has 0 aliphatic carbocycles. The summed E-state index contributed by atoms with van der Waals surface area (Å²) >= 11 is 0. The second kappa shape index (κ2) is 2.88. The number of carboxylic acids is 1. The first-order valence-corrected chi connectivity index (χ1v) is 3.58. The zero-order valence-corrected chi connectivity index (χ0v) is 6.93. The number of aliphatic carboxylic acids is 1. The maximum atomic E-state index is 10.8. The largest absolute Gasteiger partial charge is 0.479 e. The maximum absolute atomic E-state index is 10.8. The van der Waals surface area contributed by atoms with Crippen LogP contribution in [0.3, 0.4) is 0 Å². The van der Waals surface area contributed by atoms with Crippen molar-refractivity contribution in [1.29, 1.82) is 0 Å². The summed E-state index contributed by atoms with van der Waals surface area (Å²) in [4.78, 5) is 11.9. The summed E-state index contributed by atoms with van der Waals surface area (Å²) in [5.74, 6) is -0.956. The van der Waals surface area contributed by atoms with Crippen molar-refractivity contribution in [3.63, 3.8) is 0 Å². The molecule has 1 rings (SSSR count). The predicted octanol–water partition coefficient (Wildman–Crippen LogP) is -0.117. The van der Waals surface area contributed by atoms with Crippen LogP contribution in [0, 0.1) is 0 Å². The predicted molar refractivity (Wildman–Crippen MR) is 39.4 cm³/mol. The summed E-state index contributed by atoms with van der Waals surface area (Å²) in [7, 11) is 0. The minimum Gasteiger partial charge on any atom is -0.479 e. The van der Waals surface area contributed by atoms with E-state index in [0.717, 1.165) is 4.80 Å². The molecule has 0 aromatic carbocycles. The smallest absolute Gasteiger partial charge is 0.333 e. The van der Waals surface area contributed by atoms with Crippen LogP contribution in [0.25, 0.3) is 0 Å². The third-order valence-electron chi connectivity index (χ3n) is 1.94.